The van der Waals surface area contributed by atoms with Crippen molar-refractivity contribution in [3.05, 3.63) is 0 Å². The van der Waals surface area contributed by atoms with E-state index >= 15 is 0 Å². The number of hydrogen-bond acceptors (Lipinski definition) is 2. The minimum Gasteiger partial charge on any atom is -0.148 e. The summed E-state index contributed by atoms with van der Waals surface area (Å²) in [6.45, 7) is 7.52. The Morgan fingerprint density at radius 2 is 1.79 bits per heavy atom. The predicted molar refractivity (Wildman–Crippen MR) is 75.6 cm³/mol. The molecular formula is C10H21ClS2Si. The van der Waals surface area contributed by atoms with Crippen LogP contribution < -0.4 is 0 Å². The molecule has 1 aliphatic rings. The second-order valence-corrected chi connectivity index (χ2v) is 14.3. The van der Waals surface area contributed by atoms with E-state index in [9.17, 15) is 0 Å². The lowest BCUT2D eigenvalue weighted by molar-refractivity contribution is 0.812. The van der Waals surface area contributed by atoms with Crippen LogP contribution in [0.2, 0.25) is 19.6 Å². The molecule has 1 saturated heterocycles. The number of rotatable bonds is 4. The van der Waals surface area contributed by atoms with E-state index in [2.05, 4.69) is 43.2 Å². The van der Waals surface area contributed by atoms with E-state index in [0.717, 1.165) is 5.88 Å². The van der Waals surface area contributed by atoms with Gasteiger partial charge in [-0.3, -0.25) is 0 Å². The molecule has 1 fully saturated rings. The van der Waals surface area contributed by atoms with Crippen LogP contribution in [0.3, 0.4) is 0 Å². The van der Waals surface area contributed by atoms with Gasteiger partial charge in [0.15, 0.2) is 0 Å². The molecular weight excluding hydrogens is 248 g/mol. The average Bonchev–Trinajstić information content (AvgIpc) is 2.14. The first-order valence-corrected chi connectivity index (χ1v) is 11.4. The molecule has 0 atom stereocenters. The maximum Gasteiger partial charge on any atom is 0.0752 e. The lowest BCUT2D eigenvalue weighted by Gasteiger charge is -2.45. The summed E-state index contributed by atoms with van der Waals surface area (Å²) < 4.78 is 0.556. The first kappa shape index (κ1) is 13.3. The molecule has 84 valence electrons. The van der Waals surface area contributed by atoms with Crippen LogP contribution in [-0.4, -0.2) is 29.2 Å². The van der Waals surface area contributed by atoms with Gasteiger partial charge < -0.3 is 0 Å². The van der Waals surface area contributed by atoms with Gasteiger partial charge in [0.1, 0.15) is 0 Å². The molecule has 0 aromatic carbocycles. The lowest BCUT2D eigenvalue weighted by Crippen LogP contribution is -2.48. The molecule has 1 heterocycles. The molecule has 0 nitrogen and oxygen atoms in total. The van der Waals surface area contributed by atoms with Crippen molar-refractivity contribution in [2.75, 3.05) is 17.4 Å². The molecule has 0 amide bonds. The highest BCUT2D eigenvalue weighted by Crippen LogP contribution is 2.51. The molecule has 0 aliphatic carbocycles. The third kappa shape index (κ3) is 3.10. The fourth-order valence-corrected chi connectivity index (χ4v) is 9.79. The van der Waals surface area contributed by atoms with E-state index in [1.54, 1.807) is 0 Å². The third-order valence-electron chi connectivity index (χ3n) is 2.74. The highest BCUT2D eigenvalue weighted by molar-refractivity contribution is 8.21. The van der Waals surface area contributed by atoms with Crippen LogP contribution in [-0.2, 0) is 0 Å². The SMILES string of the molecule is C[Si](C)(C)C1(CCCCl)SCCCS1. The van der Waals surface area contributed by atoms with Gasteiger partial charge in [-0.1, -0.05) is 19.6 Å². The maximum atomic E-state index is 5.83. The minimum atomic E-state index is -1.08. The molecule has 0 aromatic heterocycles. The standard InChI is InChI=1S/C10H21ClS2Si/c1-14(2,3)10(6-4-7-11)12-8-5-9-13-10/h4-9H2,1-3H3. The zero-order valence-electron chi connectivity index (χ0n) is 9.44. The fourth-order valence-electron chi connectivity index (χ4n) is 1.83. The number of hydrogen-bond donors (Lipinski definition) is 0. The van der Waals surface area contributed by atoms with Gasteiger partial charge in [0, 0.05) is 5.88 Å². The van der Waals surface area contributed by atoms with Crippen molar-refractivity contribution < 1.29 is 0 Å². The van der Waals surface area contributed by atoms with E-state index in [-0.39, 0.29) is 0 Å². The van der Waals surface area contributed by atoms with Gasteiger partial charge in [-0.05, 0) is 30.8 Å². The Balaban J connectivity index is 2.67. The predicted octanol–water partition coefficient (Wildman–Crippen LogP) is 4.45. The van der Waals surface area contributed by atoms with Gasteiger partial charge in [-0.25, -0.2) is 0 Å². The van der Waals surface area contributed by atoms with Crippen LogP contribution in [0.1, 0.15) is 19.3 Å². The molecule has 0 aromatic rings. The number of thioether (sulfide) groups is 2. The average molecular weight is 269 g/mol. The van der Waals surface area contributed by atoms with Crippen LogP contribution in [0.5, 0.6) is 0 Å². The second-order valence-electron chi connectivity index (χ2n) is 4.85. The van der Waals surface area contributed by atoms with Crippen LogP contribution >= 0.6 is 35.1 Å². The molecule has 4 heteroatoms. The van der Waals surface area contributed by atoms with E-state index in [1.807, 2.05) is 0 Å². The summed E-state index contributed by atoms with van der Waals surface area (Å²) >= 11 is 10.3. The van der Waals surface area contributed by atoms with Gasteiger partial charge in [0.05, 0.1) is 11.8 Å². The van der Waals surface area contributed by atoms with Crippen molar-refractivity contribution >= 4 is 43.2 Å². The van der Waals surface area contributed by atoms with E-state index < -0.39 is 8.07 Å². The van der Waals surface area contributed by atoms with Crippen LogP contribution in [0.4, 0.5) is 0 Å². The summed E-state index contributed by atoms with van der Waals surface area (Å²) in [6, 6.07) is 0. The monoisotopic (exact) mass is 268 g/mol. The molecule has 1 aliphatic heterocycles. The van der Waals surface area contributed by atoms with Crippen LogP contribution in [0.25, 0.3) is 0 Å². The highest BCUT2D eigenvalue weighted by atomic mass is 35.5. The Bertz CT molecular complexity index is 173. The molecule has 0 unspecified atom stereocenters. The number of halogens is 1. The van der Waals surface area contributed by atoms with E-state index in [4.69, 9.17) is 11.6 Å². The van der Waals surface area contributed by atoms with Crippen molar-refractivity contribution in [1.29, 1.82) is 0 Å². The van der Waals surface area contributed by atoms with Gasteiger partial charge in [-0.15, -0.1) is 35.1 Å². The van der Waals surface area contributed by atoms with Crippen molar-refractivity contribution in [3.63, 3.8) is 0 Å². The zero-order valence-corrected chi connectivity index (χ0v) is 12.8. The fraction of sp³-hybridized carbons (Fsp3) is 1.00. The molecule has 0 radical (unpaired) electrons. The summed E-state index contributed by atoms with van der Waals surface area (Å²) in [5.41, 5.74) is 0. The maximum absolute atomic E-state index is 5.83. The Morgan fingerprint density at radius 3 is 2.21 bits per heavy atom. The topological polar surface area (TPSA) is 0 Å². The van der Waals surface area contributed by atoms with Gasteiger partial charge in [-0.2, -0.15) is 0 Å². The molecule has 0 saturated carbocycles. The Hall–Kier alpha value is 1.21. The summed E-state index contributed by atoms with van der Waals surface area (Å²) in [5.74, 6) is 3.55. The molecule has 0 bridgehead atoms. The Labute approximate surface area is 103 Å². The molecule has 0 spiro atoms. The van der Waals surface area contributed by atoms with Crippen molar-refractivity contribution in [2.24, 2.45) is 0 Å². The van der Waals surface area contributed by atoms with E-state index in [1.165, 1.54) is 30.8 Å². The van der Waals surface area contributed by atoms with Gasteiger partial charge in [0.25, 0.3) is 0 Å². The molecule has 0 N–H and O–H groups in total. The molecule has 14 heavy (non-hydrogen) atoms. The summed E-state index contributed by atoms with van der Waals surface area (Å²) in [5, 5.41) is 0. The zero-order chi connectivity index (χ0) is 10.7. The van der Waals surface area contributed by atoms with Crippen LogP contribution in [0.15, 0.2) is 0 Å². The Morgan fingerprint density at radius 1 is 1.21 bits per heavy atom. The van der Waals surface area contributed by atoms with Crippen molar-refractivity contribution in [1.82, 2.24) is 0 Å². The lowest BCUT2D eigenvalue weighted by atomic mass is 10.4. The molecule has 1 rings (SSSR count). The number of alkyl halides is 1. The third-order valence-corrected chi connectivity index (χ3v) is 13.1. The van der Waals surface area contributed by atoms with Gasteiger partial charge in [0.2, 0.25) is 0 Å². The smallest absolute Gasteiger partial charge is 0.0752 e. The summed E-state index contributed by atoms with van der Waals surface area (Å²) in [7, 11) is -1.08. The first-order valence-electron chi connectivity index (χ1n) is 5.36. The van der Waals surface area contributed by atoms with Crippen molar-refractivity contribution in [3.8, 4) is 0 Å². The minimum absolute atomic E-state index is 0.556. The first-order chi connectivity index (χ1) is 6.52. The summed E-state index contributed by atoms with van der Waals surface area (Å²) in [4.78, 5) is 0. The largest absolute Gasteiger partial charge is 0.148 e. The van der Waals surface area contributed by atoms with Crippen LogP contribution in [0, 0.1) is 0 Å². The second kappa shape index (κ2) is 5.51. The van der Waals surface area contributed by atoms with Crippen molar-refractivity contribution in [2.45, 2.75) is 42.6 Å². The normalized spacial score (nSPS) is 22.3. The highest BCUT2D eigenvalue weighted by Gasteiger charge is 2.44. The quantitative estimate of drug-likeness (QED) is 0.546. The Kier molecular flexibility index (Phi) is 5.22. The summed E-state index contributed by atoms with van der Waals surface area (Å²) in [6.07, 6.45) is 3.90. The van der Waals surface area contributed by atoms with Gasteiger partial charge >= 0.3 is 0 Å². The van der Waals surface area contributed by atoms with E-state index in [0.29, 0.717) is 3.70 Å².